The van der Waals surface area contributed by atoms with Crippen molar-refractivity contribution in [1.29, 1.82) is 0 Å². The Hall–Kier alpha value is -2.30. The fourth-order valence-corrected chi connectivity index (χ4v) is 10.6. The number of anilines is 1. The number of nitrogens with zero attached hydrogens (tertiary/aromatic N) is 1. The smallest absolute Gasteiger partial charge is 0.264 e. The summed E-state index contributed by atoms with van der Waals surface area (Å²) in [6.07, 6.45) is 5.64. The second kappa shape index (κ2) is 10.8. The number of carbonyl (C=O) groups is 1. The van der Waals surface area contributed by atoms with Crippen molar-refractivity contribution in [3.63, 3.8) is 0 Å². The average molecular weight is 621 g/mol. The lowest BCUT2D eigenvalue weighted by Crippen LogP contribution is -2.51. The summed E-state index contributed by atoms with van der Waals surface area (Å²) in [4.78, 5) is 14.9. The molecule has 2 aromatic carbocycles. The maximum Gasteiger partial charge on any atom is 0.264 e. The molecule has 6 rings (SSSR count). The summed E-state index contributed by atoms with van der Waals surface area (Å²) in [7, 11) is -7.41. The topological polar surface area (TPSA) is 110 Å². The van der Waals surface area contributed by atoms with Gasteiger partial charge in [-0.3, -0.25) is 4.79 Å². The number of rotatable bonds is 0. The average Bonchev–Trinajstić information content (AvgIpc) is 3.05. The van der Waals surface area contributed by atoms with Crippen LogP contribution < -0.4 is 14.4 Å². The van der Waals surface area contributed by atoms with E-state index in [0.29, 0.717) is 61.8 Å². The van der Waals surface area contributed by atoms with Gasteiger partial charge >= 0.3 is 0 Å². The molecule has 8 nitrogen and oxygen atoms in total. The second-order valence-corrected chi connectivity index (χ2v) is 16.8. The van der Waals surface area contributed by atoms with Crippen LogP contribution in [0.1, 0.15) is 63.0 Å². The number of aryl methyl sites for hydroxylation is 1. The Labute approximate surface area is 247 Å². The van der Waals surface area contributed by atoms with Crippen LogP contribution in [0.4, 0.5) is 5.69 Å². The molecule has 4 aliphatic rings. The van der Waals surface area contributed by atoms with E-state index in [1.54, 1.807) is 19.1 Å². The molecule has 2 heterocycles. The number of hydrogen-bond acceptors (Lipinski definition) is 7. The summed E-state index contributed by atoms with van der Waals surface area (Å²) in [6, 6.07) is 10.7. The maximum absolute atomic E-state index is 13.4. The molecule has 2 aliphatic carbocycles. The first-order valence-corrected chi connectivity index (χ1v) is 18.1. The molecule has 1 N–H and O–H groups in total. The molecule has 4 atom stereocenters. The fourth-order valence-electron chi connectivity index (χ4n) is 7.09. The minimum absolute atomic E-state index is 0.0120. The number of halogens is 1. The fraction of sp³-hybridized carbons (Fsp3) is 0.567. The first kappa shape index (κ1) is 28.8. The number of fused-ring (bicyclic) bond motifs is 4. The lowest BCUT2D eigenvalue weighted by atomic mass is 9.70. The molecule has 2 aliphatic heterocycles. The van der Waals surface area contributed by atoms with Crippen molar-refractivity contribution in [3.8, 4) is 5.75 Å². The van der Waals surface area contributed by atoms with Gasteiger partial charge in [0, 0.05) is 29.4 Å². The van der Waals surface area contributed by atoms with Crippen LogP contribution >= 0.6 is 11.6 Å². The van der Waals surface area contributed by atoms with Crippen molar-refractivity contribution in [1.82, 2.24) is 4.72 Å². The number of sulfonamides is 1. The van der Waals surface area contributed by atoms with E-state index in [1.165, 1.54) is 17.2 Å². The van der Waals surface area contributed by atoms with Crippen LogP contribution in [0.25, 0.3) is 0 Å². The number of amides is 1. The van der Waals surface area contributed by atoms with Gasteiger partial charge in [-0.1, -0.05) is 31.0 Å². The molecule has 1 spiro atoms. The Morgan fingerprint density at radius 1 is 1.02 bits per heavy atom. The third-order valence-electron chi connectivity index (χ3n) is 9.58. The first-order valence-electron chi connectivity index (χ1n) is 14.6. The lowest BCUT2D eigenvalue weighted by Gasteiger charge is -2.44. The number of hydrogen-bond donors (Lipinski definition) is 1. The number of carbonyl (C=O) groups excluding carboxylic acids is 1. The van der Waals surface area contributed by atoms with E-state index in [0.717, 1.165) is 25.7 Å². The standard InChI is InChI=1S/C30H37ClN2O6S2/c1-20-5-2-3-14-40(35,36)28-12-7-22(28)17-33-18-30(13-4-6-21-15-23(31)8-10-25(21)30)19-39-27-11-9-24(16-26(27)33)41(37,38)32-29(20)34/h8-11,15-16,20,22,28H,2-7,12-14,17-19H2,1H3,(H,32,34)/t20-,22+,28-,30+/m1/s1. The SMILES string of the molecule is C[C@@H]1CCCCS(=O)(=O)[C@@H]2CC[C@H]2CN2C[C@@]3(CCCc4cc(Cl)ccc43)COc3ccc(cc32)S(=O)(=O)NC1=O. The van der Waals surface area contributed by atoms with Gasteiger partial charge in [-0.15, -0.1) is 0 Å². The summed E-state index contributed by atoms with van der Waals surface area (Å²) in [5.74, 6) is -0.553. The minimum Gasteiger partial charge on any atom is -0.490 e. The number of benzene rings is 2. The summed E-state index contributed by atoms with van der Waals surface area (Å²) < 4.78 is 62.1. The normalized spacial score (nSPS) is 31.0. The summed E-state index contributed by atoms with van der Waals surface area (Å²) in [5, 5.41) is 0.279. The molecule has 0 unspecified atom stereocenters. The predicted molar refractivity (Wildman–Crippen MR) is 159 cm³/mol. The highest BCUT2D eigenvalue weighted by atomic mass is 35.5. The van der Waals surface area contributed by atoms with Crippen LogP contribution in [0.3, 0.4) is 0 Å². The van der Waals surface area contributed by atoms with Gasteiger partial charge < -0.3 is 9.64 Å². The second-order valence-electron chi connectivity index (χ2n) is 12.3. The van der Waals surface area contributed by atoms with E-state index in [4.69, 9.17) is 16.3 Å². The molecule has 0 radical (unpaired) electrons. The first-order chi connectivity index (χ1) is 19.5. The van der Waals surface area contributed by atoms with E-state index in [9.17, 15) is 21.6 Å². The Kier molecular flexibility index (Phi) is 7.56. The highest BCUT2D eigenvalue weighted by Crippen LogP contribution is 2.46. The van der Waals surface area contributed by atoms with E-state index in [1.807, 2.05) is 12.1 Å². The molecule has 11 heteroatoms. The highest BCUT2D eigenvalue weighted by Gasteiger charge is 2.46. The molecule has 0 aromatic heterocycles. The molecule has 1 saturated carbocycles. The molecular formula is C30H37ClN2O6S2. The van der Waals surface area contributed by atoms with Crippen molar-refractivity contribution in [3.05, 3.63) is 52.5 Å². The maximum atomic E-state index is 13.4. The van der Waals surface area contributed by atoms with Crippen molar-refractivity contribution >= 4 is 43.1 Å². The Bertz CT molecular complexity index is 1580. The van der Waals surface area contributed by atoms with E-state index in [2.05, 4.69) is 15.7 Å². The van der Waals surface area contributed by atoms with Crippen molar-refractivity contribution in [2.24, 2.45) is 11.8 Å². The third kappa shape index (κ3) is 5.47. The van der Waals surface area contributed by atoms with Crippen LogP contribution in [0, 0.1) is 11.8 Å². The third-order valence-corrected chi connectivity index (χ3v) is 13.6. The Morgan fingerprint density at radius 3 is 2.63 bits per heavy atom. The molecule has 41 heavy (non-hydrogen) atoms. The van der Waals surface area contributed by atoms with Crippen LogP contribution in [0.15, 0.2) is 41.3 Å². The number of nitrogens with one attached hydrogen (secondary N) is 1. The van der Waals surface area contributed by atoms with Gasteiger partial charge in [0.05, 0.1) is 28.2 Å². The van der Waals surface area contributed by atoms with E-state index < -0.39 is 36.9 Å². The van der Waals surface area contributed by atoms with Crippen LogP contribution in [0.2, 0.25) is 5.02 Å². The highest BCUT2D eigenvalue weighted by molar-refractivity contribution is 7.92. The predicted octanol–water partition coefficient (Wildman–Crippen LogP) is 4.63. The van der Waals surface area contributed by atoms with E-state index in [-0.39, 0.29) is 22.0 Å². The molecule has 0 saturated heterocycles. The molecular weight excluding hydrogens is 584 g/mol. The zero-order valence-corrected chi connectivity index (χ0v) is 25.7. The monoisotopic (exact) mass is 620 g/mol. The van der Waals surface area contributed by atoms with Gasteiger partial charge in [-0.2, -0.15) is 0 Å². The summed E-state index contributed by atoms with van der Waals surface area (Å²) >= 11 is 6.35. The van der Waals surface area contributed by atoms with E-state index >= 15 is 0 Å². The zero-order valence-electron chi connectivity index (χ0n) is 23.3. The molecule has 1 amide bonds. The summed E-state index contributed by atoms with van der Waals surface area (Å²) in [6.45, 7) is 3.13. The molecule has 2 bridgehead atoms. The number of sulfone groups is 1. The van der Waals surface area contributed by atoms with Gasteiger partial charge in [-0.05, 0) is 92.3 Å². The van der Waals surface area contributed by atoms with Gasteiger partial charge in [0.2, 0.25) is 5.91 Å². The Balaban J connectivity index is 1.44. The van der Waals surface area contributed by atoms with Crippen LogP contribution in [-0.4, -0.2) is 53.4 Å². The van der Waals surface area contributed by atoms with Gasteiger partial charge in [0.15, 0.2) is 9.84 Å². The lowest BCUT2D eigenvalue weighted by molar-refractivity contribution is -0.122. The molecule has 222 valence electrons. The molecule has 1 fully saturated rings. The molecule has 2 aromatic rings. The minimum atomic E-state index is -4.11. The quantitative estimate of drug-likeness (QED) is 0.457. The Morgan fingerprint density at radius 2 is 1.85 bits per heavy atom. The van der Waals surface area contributed by atoms with Crippen molar-refractivity contribution in [2.45, 2.75) is 73.9 Å². The van der Waals surface area contributed by atoms with Crippen LogP contribution in [0.5, 0.6) is 5.75 Å². The van der Waals surface area contributed by atoms with Gasteiger partial charge in [0.25, 0.3) is 10.0 Å². The number of ether oxygens (including phenoxy) is 1. The van der Waals surface area contributed by atoms with Gasteiger partial charge in [0.1, 0.15) is 5.75 Å². The van der Waals surface area contributed by atoms with Crippen molar-refractivity contribution in [2.75, 3.05) is 30.3 Å². The van der Waals surface area contributed by atoms with Gasteiger partial charge in [-0.25, -0.2) is 21.6 Å². The van der Waals surface area contributed by atoms with Crippen molar-refractivity contribution < 1.29 is 26.4 Å². The largest absolute Gasteiger partial charge is 0.490 e. The summed E-state index contributed by atoms with van der Waals surface area (Å²) in [5.41, 5.74) is 2.62. The zero-order chi connectivity index (χ0) is 29.0. The van der Waals surface area contributed by atoms with Crippen LogP contribution in [-0.2, 0) is 36.5 Å².